The summed E-state index contributed by atoms with van der Waals surface area (Å²) in [5.41, 5.74) is 0.525. The number of amides is 3. The van der Waals surface area contributed by atoms with E-state index in [1.807, 2.05) is 6.92 Å². The van der Waals surface area contributed by atoms with Crippen LogP contribution in [0.4, 0.5) is 4.79 Å². The molecule has 0 spiro atoms. The Labute approximate surface area is 117 Å². The quantitative estimate of drug-likeness (QED) is 0.585. The minimum absolute atomic E-state index is 0.262. The zero-order chi connectivity index (χ0) is 14.8. The fraction of sp³-hybridized carbons (Fsp3) is 0.357. The Morgan fingerprint density at radius 1 is 1.25 bits per heavy atom. The van der Waals surface area contributed by atoms with Crippen LogP contribution in [0.2, 0.25) is 0 Å². The van der Waals surface area contributed by atoms with E-state index in [1.54, 1.807) is 24.3 Å². The molecule has 0 bridgehead atoms. The van der Waals surface area contributed by atoms with Gasteiger partial charge in [0.05, 0.1) is 0 Å². The second-order valence-corrected chi connectivity index (χ2v) is 4.13. The highest BCUT2D eigenvalue weighted by molar-refractivity contribution is 5.94. The predicted octanol–water partition coefficient (Wildman–Crippen LogP) is 1.50. The van der Waals surface area contributed by atoms with Crippen molar-refractivity contribution in [1.29, 1.82) is 0 Å². The molecular weight excluding hydrogens is 260 g/mol. The van der Waals surface area contributed by atoms with Gasteiger partial charge in [0.25, 0.3) is 5.91 Å². The number of rotatable bonds is 7. The molecule has 0 saturated heterocycles. The highest BCUT2D eigenvalue weighted by Crippen LogP contribution is 2.10. The van der Waals surface area contributed by atoms with Gasteiger partial charge in [-0.1, -0.05) is 13.3 Å². The van der Waals surface area contributed by atoms with Gasteiger partial charge < -0.3 is 10.1 Å². The van der Waals surface area contributed by atoms with Gasteiger partial charge >= 0.3 is 6.03 Å². The van der Waals surface area contributed by atoms with Gasteiger partial charge in [-0.15, -0.1) is 0 Å². The summed E-state index contributed by atoms with van der Waals surface area (Å²) in [6.45, 7) is 2.28. The average Bonchev–Trinajstić information content (AvgIpc) is 2.46. The van der Waals surface area contributed by atoms with Crippen LogP contribution in [-0.2, 0) is 4.79 Å². The third kappa shape index (κ3) is 5.99. The summed E-state index contributed by atoms with van der Waals surface area (Å²) < 4.78 is 5.19. The van der Waals surface area contributed by atoms with Gasteiger partial charge in [0.15, 0.2) is 6.61 Å². The van der Waals surface area contributed by atoms with E-state index in [1.165, 1.54) is 0 Å². The van der Waals surface area contributed by atoms with Crippen molar-refractivity contribution < 1.29 is 19.1 Å². The van der Waals surface area contributed by atoms with Gasteiger partial charge in [0.2, 0.25) is 0 Å². The molecule has 1 aromatic rings. The van der Waals surface area contributed by atoms with E-state index < -0.39 is 11.9 Å². The standard InChI is InChI=1S/C14H18N2O4/c1-2-3-8-15-14(19)16-13(18)10-20-12-6-4-11(9-17)5-7-12/h4-7,9H,2-3,8,10H2,1H3,(H2,15,16,18,19). The predicted molar refractivity (Wildman–Crippen MR) is 73.8 cm³/mol. The number of hydrogen-bond donors (Lipinski definition) is 2. The molecule has 2 N–H and O–H groups in total. The summed E-state index contributed by atoms with van der Waals surface area (Å²) in [4.78, 5) is 33.2. The Bertz CT molecular complexity index is 457. The highest BCUT2D eigenvalue weighted by atomic mass is 16.5. The van der Waals surface area contributed by atoms with E-state index in [2.05, 4.69) is 10.6 Å². The maximum Gasteiger partial charge on any atom is 0.321 e. The zero-order valence-electron chi connectivity index (χ0n) is 11.3. The largest absolute Gasteiger partial charge is 0.484 e. The molecule has 3 amide bonds. The molecule has 108 valence electrons. The van der Waals surface area contributed by atoms with E-state index in [0.717, 1.165) is 19.1 Å². The Balaban J connectivity index is 2.28. The first kappa shape index (κ1) is 15.7. The molecule has 0 fully saturated rings. The molecule has 20 heavy (non-hydrogen) atoms. The summed E-state index contributed by atoms with van der Waals surface area (Å²) >= 11 is 0. The molecule has 0 saturated carbocycles. The fourth-order valence-electron chi connectivity index (χ4n) is 1.38. The molecule has 0 aliphatic rings. The van der Waals surface area contributed by atoms with Crippen LogP contribution in [0, 0.1) is 0 Å². The summed E-state index contributed by atoms with van der Waals surface area (Å²) in [5.74, 6) is -0.0735. The van der Waals surface area contributed by atoms with Crippen molar-refractivity contribution in [2.75, 3.05) is 13.2 Å². The first-order chi connectivity index (χ1) is 9.65. The number of urea groups is 1. The Hall–Kier alpha value is -2.37. The van der Waals surface area contributed by atoms with Crippen LogP contribution in [0.1, 0.15) is 30.1 Å². The summed E-state index contributed by atoms with van der Waals surface area (Å²) in [6.07, 6.45) is 2.55. The summed E-state index contributed by atoms with van der Waals surface area (Å²) in [7, 11) is 0. The third-order valence-electron chi connectivity index (χ3n) is 2.45. The molecule has 6 nitrogen and oxygen atoms in total. The highest BCUT2D eigenvalue weighted by Gasteiger charge is 2.07. The minimum atomic E-state index is -0.529. The SMILES string of the molecule is CCCCNC(=O)NC(=O)COc1ccc(C=O)cc1. The lowest BCUT2D eigenvalue weighted by atomic mass is 10.2. The van der Waals surface area contributed by atoms with Crippen LogP contribution in [0.25, 0.3) is 0 Å². The van der Waals surface area contributed by atoms with Crippen LogP contribution < -0.4 is 15.4 Å². The van der Waals surface area contributed by atoms with Crippen molar-refractivity contribution in [3.05, 3.63) is 29.8 Å². The number of ether oxygens (including phenoxy) is 1. The maximum absolute atomic E-state index is 11.4. The Morgan fingerprint density at radius 2 is 1.95 bits per heavy atom. The molecule has 0 atom stereocenters. The van der Waals surface area contributed by atoms with Crippen LogP contribution in [0.5, 0.6) is 5.75 Å². The molecule has 0 heterocycles. The number of nitrogens with one attached hydrogen (secondary N) is 2. The lowest BCUT2D eigenvalue weighted by molar-refractivity contribution is -0.122. The van der Waals surface area contributed by atoms with E-state index in [0.29, 0.717) is 17.9 Å². The fourth-order valence-corrected chi connectivity index (χ4v) is 1.38. The van der Waals surface area contributed by atoms with E-state index in [-0.39, 0.29) is 6.61 Å². The first-order valence-corrected chi connectivity index (χ1v) is 6.41. The smallest absolute Gasteiger partial charge is 0.321 e. The van der Waals surface area contributed by atoms with Gasteiger partial charge in [0, 0.05) is 12.1 Å². The van der Waals surface area contributed by atoms with Crippen molar-refractivity contribution in [3.8, 4) is 5.75 Å². The lowest BCUT2D eigenvalue weighted by Gasteiger charge is -2.07. The van der Waals surface area contributed by atoms with E-state index in [4.69, 9.17) is 4.74 Å². The van der Waals surface area contributed by atoms with Crippen molar-refractivity contribution in [1.82, 2.24) is 10.6 Å². The average molecular weight is 278 g/mol. The van der Waals surface area contributed by atoms with Crippen LogP contribution in [-0.4, -0.2) is 31.4 Å². The van der Waals surface area contributed by atoms with Gasteiger partial charge in [-0.3, -0.25) is 14.9 Å². The van der Waals surface area contributed by atoms with E-state index in [9.17, 15) is 14.4 Å². The number of unbranched alkanes of at least 4 members (excludes halogenated alkanes) is 1. The Morgan fingerprint density at radius 3 is 2.55 bits per heavy atom. The van der Waals surface area contributed by atoms with Gasteiger partial charge in [-0.2, -0.15) is 0 Å². The molecule has 6 heteroatoms. The second kappa shape index (κ2) is 8.68. The number of hydrogen-bond acceptors (Lipinski definition) is 4. The molecule has 0 radical (unpaired) electrons. The number of carbonyl (C=O) groups is 3. The summed E-state index contributed by atoms with van der Waals surface area (Å²) in [5, 5.41) is 4.72. The van der Waals surface area contributed by atoms with Crippen LogP contribution in [0.15, 0.2) is 24.3 Å². The molecule has 0 unspecified atom stereocenters. The normalized spacial score (nSPS) is 9.65. The molecule has 0 aromatic heterocycles. The number of carbonyl (C=O) groups excluding carboxylic acids is 3. The second-order valence-electron chi connectivity index (χ2n) is 4.13. The lowest BCUT2D eigenvalue weighted by Crippen LogP contribution is -2.41. The van der Waals surface area contributed by atoms with Gasteiger partial charge in [-0.25, -0.2) is 4.79 Å². The van der Waals surface area contributed by atoms with Crippen molar-refractivity contribution >= 4 is 18.2 Å². The topological polar surface area (TPSA) is 84.5 Å². The number of benzene rings is 1. The number of imide groups is 1. The first-order valence-electron chi connectivity index (χ1n) is 6.41. The monoisotopic (exact) mass is 278 g/mol. The van der Waals surface area contributed by atoms with Crippen LogP contribution in [0.3, 0.4) is 0 Å². The van der Waals surface area contributed by atoms with Crippen molar-refractivity contribution in [2.24, 2.45) is 0 Å². The molecule has 0 aliphatic carbocycles. The molecule has 0 aliphatic heterocycles. The summed E-state index contributed by atoms with van der Waals surface area (Å²) in [6, 6.07) is 5.80. The molecular formula is C14H18N2O4. The third-order valence-corrected chi connectivity index (χ3v) is 2.45. The van der Waals surface area contributed by atoms with Crippen molar-refractivity contribution in [3.63, 3.8) is 0 Å². The maximum atomic E-state index is 11.4. The van der Waals surface area contributed by atoms with Gasteiger partial charge in [-0.05, 0) is 30.7 Å². The van der Waals surface area contributed by atoms with E-state index >= 15 is 0 Å². The number of aldehydes is 1. The molecule has 1 rings (SSSR count). The Kier molecular flexibility index (Phi) is 6.81. The molecule has 1 aromatic carbocycles. The zero-order valence-corrected chi connectivity index (χ0v) is 11.3. The minimum Gasteiger partial charge on any atom is -0.484 e. The van der Waals surface area contributed by atoms with Crippen LogP contribution >= 0.6 is 0 Å². The van der Waals surface area contributed by atoms with Crippen molar-refractivity contribution in [2.45, 2.75) is 19.8 Å². The van der Waals surface area contributed by atoms with Gasteiger partial charge in [0.1, 0.15) is 12.0 Å².